The van der Waals surface area contributed by atoms with Gasteiger partial charge in [-0.1, -0.05) is 17.7 Å². The average Bonchev–Trinajstić information content (AvgIpc) is 2.45. The van der Waals surface area contributed by atoms with Gasteiger partial charge in [0.1, 0.15) is 11.8 Å². The van der Waals surface area contributed by atoms with Gasteiger partial charge >= 0.3 is 5.69 Å². The highest BCUT2D eigenvalue weighted by atomic mass is 16.5. The van der Waals surface area contributed by atoms with E-state index >= 15 is 0 Å². The molecule has 0 saturated carbocycles. The number of ether oxygens (including phenoxy) is 1. The number of nitriles is 1. The van der Waals surface area contributed by atoms with Crippen LogP contribution in [-0.2, 0) is 14.1 Å². The van der Waals surface area contributed by atoms with Gasteiger partial charge in [-0.15, -0.1) is 0 Å². The average molecular weight is 271 g/mol. The van der Waals surface area contributed by atoms with E-state index in [1.807, 2.05) is 19.1 Å². The maximum Gasteiger partial charge on any atom is 0.333 e. The number of aryl methyl sites for hydroxylation is 1. The van der Waals surface area contributed by atoms with Gasteiger partial charge in [0.05, 0.1) is 0 Å². The summed E-state index contributed by atoms with van der Waals surface area (Å²) in [5, 5.41) is 9.10. The second kappa shape index (κ2) is 5.05. The van der Waals surface area contributed by atoms with Crippen LogP contribution in [0.25, 0.3) is 0 Å². The Balaban J connectivity index is 2.63. The van der Waals surface area contributed by atoms with Crippen LogP contribution in [0.3, 0.4) is 0 Å². The van der Waals surface area contributed by atoms with Crippen LogP contribution in [0.4, 0.5) is 0 Å². The highest BCUT2D eigenvalue weighted by Gasteiger charge is 2.17. The molecule has 0 aliphatic rings. The molecule has 0 amide bonds. The molecule has 0 aliphatic heterocycles. The van der Waals surface area contributed by atoms with E-state index in [2.05, 4.69) is 0 Å². The molecule has 1 aromatic heterocycles. The van der Waals surface area contributed by atoms with Crippen LogP contribution in [0.1, 0.15) is 11.1 Å². The van der Waals surface area contributed by atoms with Gasteiger partial charge in [0.15, 0.2) is 5.56 Å². The summed E-state index contributed by atoms with van der Waals surface area (Å²) in [6, 6.07) is 8.87. The van der Waals surface area contributed by atoms with E-state index in [0.717, 1.165) is 14.7 Å². The van der Waals surface area contributed by atoms with Crippen molar-refractivity contribution in [3.05, 3.63) is 56.2 Å². The number of nitrogens with zero attached hydrogens (tertiary/aromatic N) is 3. The molecule has 2 aromatic rings. The molecule has 0 unspecified atom stereocenters. The molecule has 0 bridgehead atoms. The fraction of sp³-hybridized carbons (Fsp3) is 0.214. The topological polar surface area (TPSA) is 77.0 Å². The van der Waals surface area contributed by atoms with E-state index < -0.39 is 11.2 Å². The maximum absolute atomic E-state index is 11.9. The van der Waals surface area contributed by atoms with Crippen molar-refractivity contribution in [1.29, 1.82) is 5.26 Å². The lowest BCUT2D eigenvalue weighted by Crippen LogP contribution is -2.38. The number of rotatable bonds is 2. The molecule has 6 heteroatoms. The Labute approximate surface area is 115 Å². The summed E-state index contributed by atoms with van der Waals surface area (Å²) in [5.41, 5.74) is -0.361. The SMILES string of the molecule is Cc1ccc(Oc2c(C#N)c(=O)n(C)c(=O)n2C)cc1. The zero-order chi connectivity index (χ0) is 14.9. The third kappa shape index (κ3) is 2.21. The highest BCUT2D eigenvalue weighted by Crippen LogP contribution is 2.21. The summed E-state index contributed by atoms with van der Waals surface area (Å²) in [4.78, 5) is 23.7. The van der Waals surface area contributed by atoms with Crippen molar-refractivity contribution in [2.24, 2.45) is 14.1 Å². The van der Waals surface area contributed by atoms with Crippen molar-refractivity contribution >= 4 is 0 Å². The molecule has 102 valence electrons. The number of aromatic nitrogens is 2. The molecule has 0 radical (unpaired) electrons. The third-order valence-electron chi connectivity index (χ3n) is 2.96. The van der Waals surface area contributed by atoms with Crippen molar-refractivity contribution in [3.63, 3.8) is 0 Å². The summed E-state index contributed by atoms with van der Waals surface area (Å²) in [7, 11) is 2.77. The fourth-order valence-electron chi connectivity index (χ4n) is 1.76. The van der Waals surface area contributed by atoms with E-state index in [-0.39, 0.29) is 11.4 Å². The molecule has 0 atom stereocenters. The Kier molecular flexibility index (Phi) is 3.44. The third-order valence-corrected chi connectivity index (χ3v) is 2.96. The van der Waals surface area contributed by atoms with Crippen LogP contribution in [-0.4, -0.2) is 9.13 Å². The molecular weight excluding hydrogens is 258 g/mol. The van der Waals surface area contributed by atoms with Crippen molar-refractivity contribution in [1.82, 2.24) is 9.13 Å². The van der Waals surface area contributed by atoms with Crippen LogP contribution in [0.15, 0.2) is 33.9 Å². The van der Waals surface area contributed by atoms with E-state index in [0.29, 0.717) is 5.75 Å². The highest BCUT2D eigenvalue weighted by molar-refractivity contribution is 5.40. The monoisotopic (exact) mass is 271 g/mol. The number of benzene rings is 1. The Morgan fingerprint density at radius 3 is 2.25 bits per heavy atom. The zero-order valence-electron chi connectivity index (χ0n) is 11.4. The summed E-state index contributed by atoms with van der Waals surface area (Å²) < 4.78 is 7.54. The minimum Gasteiger partial charge on any atom is -0.439 e. The van der Waals surface area contributed by atoms with E-state index in [4.69, 9.17) is 10.00 Å². The van der Waals surface area contributed by atoms with Crippen LogP contribution < -0.4 is 16.0 Å². The molecular formula is C14H13N3O3. The van der Waals surface area contributed by atoms with Gasteiger partial charge in [-0.3, -0.25) is 13.9 Å². The second-order valence-electron chi connectivity index (χ2n) is 4.41. The van der Waals surface area contributed by atoms with Gasteiger partial charge in [-0.05, 0) is 19.1 Å². The molecule has 0 fully saturated rings. The van der Waals surface area contributed by atoms with Crippen LogP contribution >= 0.6 is 0 Å². The molecule has 20 heavy (non-hydrogen) atoms. The lowest BCUT2D eigenvalue weighted by Gasteiger charge is -2.12. The van der Waals surface area contributed by atoms with Gasteiger partial charge in [-0.25, -0.2) is 4.79 Å². The first-order chi connectivity index (χ1) is 9.45. The van der Waals surface area contributed by atoms with Gasteiger partial charge in [-0.2, -0.15) is 5.26 Å². The molecule has 0 spiro atoms. The smallest absolute Gasteiger partial charge is 0.333 e. The van der Waals surface area contributed by atoms with Crippen molar-refractivity contribution in [2.75, 3.05) is 0 Å². The molecule has 1 aromatic carbocycles. The first-order valence-corrected chi connectivity index (χ1v) is 5.90. The minimum absolute atomic E-state index is 0.0514. The minimum atomic E-state index is -0.669. The Hall–Kier alpha value is -2.81. The van der Waals surface area contributed by atoms with Crippen LogP contribution in [0, 0.1) is 18.3 Å². The fourth-order valence-corrected chi connectivity index (χ4v) is 1.76. The Morgan fingerprint density at radius 1 is 1.10 bits per heavy atom. The largest absolute Gasteiger partial charge is 0.439 e. The predicted molar refractivity (Wildman–Crippen MR) is 72.9 cm³/mol. The predicted octanol–water partition coefficient (Wildman–Crippen LogP) is 1.06. The maximum atomic E-state index is 11.9. The Morgan fingerprint density at radius 2 is 1.70 bits per heavy atom. The number of hydrogen-bond acceptors (Lipinski definition) is 4. The number of hydrogen-bond donors (Lipinski definition) is 0. The quantitative estimate of drug-likeness (QED) is 0.818. The van der Waals surface area contributed by atoms with Gasteiger partial charge in [0, 0.05) is 14.1 Å². The molecule has 0 aliphatic carbocycles. The Bertz CT molecular complexity index is 808. The second-order valence-corrected chi connectivity index (χ2v) is 4.41. The standard InChI is InChI=1S/C14H13N3O3/c1-9-4-6-10(7-5-9)20-13-11(8-15)12(18)16(2)14(19)17(13)3/h4-7H,1-3H3. The molecule has 2 rings (SSSR count). The van der Waals surface area contributed by atoms with E-state index in [1.165, 1.54) is 14.1 Å². The summed E-state index contributed by atoms with van der Waals surface area (Å²) >= 11 is 0. The first-order valence-electron chi connectivity index (χ1n) is 5.90. The van der Waals surface area contributed by atoms with Crippen molar-refractivity contribution in [3.8, 4) is 17.7 Å². The van der Waals surface area contributed by atoms with Crippen LogP contribution in [0.5, 0.6) is 11.6 Å². The lowest BCUT2D eigenvalue weighted by atomic mass is 10.2. The van der Waals surface area contributed by atoms with E-state index in [9.17, 15) is 9.59 Å². The summed E-state index contributed by atoms with van der Waals surface area (Å²) in [5.74, 6) is 0.403. The summed E-state index contributed by atoms with van der Waals surface area (Å²) in [6.07, 6.45) is 0. The summed E-state index contributed by atoms with van der Waals surface area (Å²) in [6.45, 7) is 1.93. The van der Waals surface area contributed by atoms with Gasteiger partial charge < -0.3 is 4.74 Å². The molecule has 0 saturated heterocycles. The van der Waals surface area contributed by atoms with Crippen molar-refractivity contribution in [2.45, 2.75) is 6.92 Å². The lowest BCUT2D eigenvalue weighted by molar-refractivity contribution is 0.421. The zero-order valence-corrected chi connectivity index (χ0v) is 11.4. The molecule has 0 N–H and O–H groups in total. The molecule has 1 heterocycles. The van der Waals surface area contributed by atoms with Gasteiger partial charge in [0.2, 0.25) is 5.88 Å². The van der Waals surface area contributed by atoms with Gasteiger partial charge in [0.25, 0.3) is 5.56 Å². The van der Waals surface area contributed by atoms with E-state index in [1.54, 1.807) is 18.2 Å². The molecule has 6 nitrogen and oxygen atoms in total. The first kappa shape index (κ1) is 13.6. The van der Waals surface area contributed by atoms with Crippen molar-refractivity contribution < 1.29 is 4.74 Å². The van der Waals surface area contributed by atoms with Crippen LogP contribution in [0.2, 0.25) is 0 Å². The normalized spacial score (nSPS) is 10.1.